The normalized spacial score (nSPS) is 12.5. The number of carbonyl (C=O) groups is 1. The molecule has 0 radical (unpaired) electrons. The van der Waals surface area contributed by atoms with E-state index < -0.39 is 10.0 Å². The van der Waals surface area contributed by atoms with Gasteiger partial charge in [0.1, 0.15) is 0 Å². The van der Waals surface area contributed by atoms with Crippen LogP contribution in [0.25, 0.3) is 0 Å². The molecule has 0 heterocycles. The number of amides is 1. The van der Waals surface area contributed by atoms with Crippen molar-refractivity contribution in [2.45, 2.75) is 32.7 Å². The predicted octanol–water partition coefficient (Wildman–Crippen LogP) is -0.831. The van der Waals surface area contributed by atoms with E-state index in [1.165, 1.54) is 0 Å². The number of nitrogens with two attached hydrogens (primary N) is 1. The van der Waals surface area contributed by atoms with Crippen LogP contribution in [0.2, 0.25) is 0 Å². The van der Waals surface area contributed by atoms with Crippen LogP contribution >= 0.6 is 0 Å². The van der Waals surface area contributed by atoms with Gasteiger partial charge in [0.05, 0.1) is 5.75 Å². The Labute approximate surface area is 97.0 Å². The number of nitrogens with one attached hydrogen (secondary N) is 2. The van der Waals surface area contributed by atoms with Crippen LogP contribution in [0, 0.1) is 0 Å². The second-order valence-electron chi connectivity index (χ2n) is 4.64. The van der Waals surface area contributed by atoms with Crippen molar-refractivity contribution < 1.29 is 13.2 Å². The molecule has 0 atom stereocenters. The summed E-state index contributed by atoms with van der Waals surface area (Å²) in [5, 5.41) is 10.4. The highest BCUT2D eigenvalue weighted by molar-refractivity contribution is 7.89. The summed E-state index contributed by atoms with van der Waals surface area (Å²) in [5.41, 5.74) is -0.0269. The molecular formula is C9H21N3O3S. The van der Waals surface area contributed by atoms with Crippen LogP contribution in [0.5, 0.6) is 0 Å². The van der Waals surface area contributed by atoms with Crippen molar-refractivity contribution in [2.75, 3.05) is 18.8 Å². The maximum absolute atomic E-state index is 11.2. The molecule has 0 saturated heterocycles. The summed E-state index contributed by atoms with van der Waals surface area (Å²) < 4.78 is 21.1. The molecule has 0 saturated carbocycles. The number of hydrogen-bond donors (Lipinski definition) is 3. The van der Waals surface area contributed by atoms with Gasteiger partial charge in [-0.15, -0.1) is 0 Å². The highest BCUT2D eigenvalue weighted by Gasteiger charge is 2.09. The van der Waals surface area contributed by atoms with E-state index in [0.29, 0.717) is 13.0 Å². The summed E-state index contributed by atoms with van der Waals surface area (Å²) in [7, 11) is -3.49. The molecule has 0 aliphatic rings. The highest BCUT2D eigenvalue weighted by atomic mass is 32.2. The Morgan fingerprint density at radius 2 is 1.81 bits per heavy atom. The zero-order chi connectivity index (χ0) is 12.8. The predicted molar refractivity (Wildman–Crippen MR) is 63.4 cm³/mol. The lowest BCUT2D eigenvalue weighted by Crippen LogP contribution is -2.39. The zero-order valence-corrected chi connectivity index (χ0v) is 10.9. The Morgan fingerprint density at radius 1 is 1.25 bits per heavy atom. The van der Waals surface area contributed by atoms with Gasteiger partial charge in [-0.25, -0.2) is 13.6 Å². The number of sulfonamides is 1. The largest absolute Gasteiger partial charge is 0.355 e. The molecule has 0 rings (SSSR count). The minimum Gasteiger partial charge on any atom is -0.355 e. The van der Waals surface area contributed by atoms with E-state index in [1.807, 2.05) is 20.8 Å². The van der Waals surface area contributed by atoms with Crippen LogP contribution in [0.3, 0.4) is 0 Å². The SMILES string of the molecule is CC(C)(C)NCCC(=O)NCCS(N)(=O)=O. The first kappa shape index (κ1) is 15.3. The van der Waals surface area contributed by atoms with E-state index in [-0.39, 0.29) is 23.7 Å². The Hall–Kier alpha value is -0.660. The minimum absolute atomic E-state index is 0.0269. The summed E-state index contributed by atoms with van der Waals surface area (Å²) in [5.74, 6) is -0.411. The number of hydrogen-bond acceptors (Lipinski definition) is 4. The minimum atomic E-state index is -3.49. The maximum atomic E-state index is 11.2. The average Bonchev–Trinajstić information content (AvgIpc) is 1.98. The summed E-state index contributed by atoms with van der Waals surface area (Å²) in [4.78, 5) is 11.2. The molecule has 0 fully saturated rings. The second-order valence-corrected chi connectivity index (χ2v) is 6.38. The number of rotatable bonds is 6. The molecule has 0 aliphatic carbocycles. The molecule has 6 nitrogen and oxygen atoms in total. The molecule has 0 aliphatic heterocycles. The summed E-state index contributed by atoms with van der Waals surface area (Å²) >= 11 is 0. The van der Waals surface area contributed by atoms with Gasteiger partial charge >= 0.3 is 0 Å². The third-order valence-corrected chi connectivity index (χ3v) is 2.49. The smallest absolute Gasteiger partial charge is 0.221 e. The van der Waals surface area contributed by atoms with Gasteiger partial charge in [-0.3, -0.25) is 4.79 Å². The van der Waals surface area contributed by atoms with E-state index >= 15 is 0 Å². The Morgan fingerprint density at radius 3 is 2.25 bits per heavy atom. The molecule has 0 aromatic heterocycles. The average molecular weight is 251 g/mol. The fourth-order valence-electron chi connectivity index (χ4n) is 0.972. The van der Waals surface area contributed by atoms with Crippen molar-refractivity contribution in [2.24, 2.45) is 5.14 Å². The van der Waals surface area contributed by atoms with Crippen LogP contribution in [0.15, 0.2) is 0 Å². The molecule has 0 aromatic carbocycles. The van der Waals surface area contributed by atoms with Crippen molar-refractivity contribution >= 4 is 15.9 Å². The third-order valence-electron chi connectivity index (χ3n) is 1.72. The van der Waals surface area contributed by atoms with E-state index in [4.69, 9.17) is 5.14 Å². The molecule has 7 heteroatoms. The molecule has 1 amide bonds. The standard InChI is InChI=1S/C9H21N3O3S/c1-9(2,3)12-5-4-8(13)11-6-7-16(10,14)15/h12H,4-7H2,1-3H3,(H,11,13)(H2,10,14,15). The third kappa shape index (κ3) is 11.4. The van der Waals surface area contributed by atoms with Crippen LogP contribution in [0.4, 0.5) is 0 Å². The molecule has 96 valence electrons. The first-order valence-electron chi connectivity index (χ1n) is 5.12. The van der Waals surface area contributed by atoms with Crippen molar-refractivity contribution in [3.05, 3.63) is 0 Å². The summed E-state index contributed by atoms with van der Waals surface area (Å²) in [6, 6.07) is 0. The Kier molecular flexibility index (Phi) is 5.91. The molecule has 0 bridgehead atoms. The lowest BCUT2D eigenvalue weighted by Gasteiger charge is -2.20. The van der Waals surface area contributed by atoms with Gasteiger partial charge in [-0.05, 0) is 20.8 Å². The van der Waals surface area contributed by atoms with E-state index in [2.05, 4.69) is 10.6 Å². The van der Waals surface area contributed by atoms with Crippen molar-refractivity contribution in [1.82, 2.24) is 10.6 Å². The lowest BCUT2D eigenvalue weighted by molar-refractivity contribution is -0.120. The van der Waals surface area contributed by atoms with Gasteiger partial charge in [0.2, 0.25) is 15.9 Å². The van der Waals surface area contributed by atoms with Crippen LogP contribution < -0.4 is 15.8 Å². The highest BCUT2D eigenvalue weighted by Crippen LogP contribution is 1.97. The number of primary sulfonamides is 1. The molecule has 0 unspecified atom stereocenters. The molecule has 0 spiro atoms. The topological polar surface area (TPSA) is 101 Å². The van der Waals surface area contributed by atoms with Gasteiger partial charge in [0.15, 0.2) is 0 Å². The molecule has 4 N–H and O–H groups in total. The van der Waals surface area contributed by atoms with E-state index in [1.54, 1.807) is 0 Å². The lowest BCUT2D eigenvalue weighted by atomic mass is 10.1. The van der Waals surface area contributed by atoms with Crippen molar-refractivity contribution in [1.29, 1.82) is 0 Å². The van der Waals surface area contributed by atoms with Gasteiger partial charge < -0.3 is 10.6 Å². The molecule has 16 heavy (non-hydrogen) atoms. The number of carbonyl (C=O) groups excluding carboxylic acids is 1. The summed E-state index contributed by atoms with van der Waals surface area (Å²) in [6.45, 7) is 6.64. The first-order chi connectivity index (χ1) is 7.10. The fourth-order valence-corrected chi connectivity index (χ4v) is 1.36. The van der Waals surface area contributed by atoms with Gasteiger partial charge in [0.25, 0.3) is 0 Å². The fraction of sp³-hybridized carbons (Fsp3) is 0.889. The first-order valence-corrected chi connectivity index (χ1v) is 6.84. The van der Waals surface area contributed by atoms with Crippen molar-refractivity contribution in [3.63, 3.8) is 0 Å². The quantitative estimate of drug-likeness (QED) is 0.573. The van der Waals surface area contributed by atoms with Crippen molar-refractivity contribution in [3.8, 4) is 0 Å². The Bertz CT molecular complexity index is 319. The second kappa shape index (κ2) is 6.17. The van der Waals surface area contributed by atoms with Gasteiger partial charge in [-0.1, -0.05) is 0 Å². The van der Waals surface area contributed by atoms with Crippen LogP contribution in [-0.2, 0) is 14.8 Å². The Balaban J connectivity index is 3.61. The zero-order valence-electron chi connectivity index (χ0n) is 10.0. The van der Waals surface area contributed by atoms with Gasteiger partial charge in [-0.2, -0.15) is 0 Å². The maximum Gasteiger partial charge on any atom is 0.221 e. The van der Waals surface area contributed by atoms with Gasteiger partial charge in [0, 0.05) is 25.0 Å². The van der Waals surface area contributed by atoms with E-state index in [0.717, 1.165) is 0 Å². The summed E-state index contributed by atoms with van der Waals surface area (Å²) in [6.07, 6.45) is 0.321. The van der Waals surface area contributed by atoms with Crippen LogP contribution in [-0.4, -0.2) is 38.7 Å². The molecule has 0 aromatic rings. The van der Waals surface area contributed by atoms with Crippen LogP contribution in [0.1, 0.15) is 27.2 Å². The monoisotopic (exact) mass is 251 g/mol. The molecular weight excluding hydrogens is 230 g/mol. The van der Waals surface area contributed by atoms with E-state index in [9.17, 15) is 13.2 Å².